The molecule has 1 atom stereocenters. The van der Waals surface area contributed by atoms with Crippen LogP contribution in [0.1, 0.15) is 41.7 Å². The highest BCUT2D eigenvalue weighted by atomic mass is 35.5. The highest BCUT2D eigenvalue weighted by molar-refractivity contribution is 6.35. The number of hydrogen-bond donors (Lipinski definition) is 3. The predicted molar refractivity (Wildman–Crippen MR) is 107 cm³/mol. The molecule has 0 heterocycles. The summed E-state index contributed by atoms with van der Waals surface area (Å²) in [6.07, 6.45) is 2.03. The Balaban J connectivity index is 1.58. The number of carbonyl (C=O) groups excluding carboxylic acids is 2. The van der Waals surface area contributed by atoms with Crippen LogP contribution >= 0.6 is 23.2 Å². The molecule has 0 unspecified atom stereocenters. The average molecular weight is 407 g/mol. The van der Waals surface area contributed by atoms with Gasteiger partial charge in [0, 0.05) is 16.6 Å². The zero-order chi connectivity index (χ0) is 19.4. The third-order valence-electron chi connectivity index (χ3n) is 4.47. The zero-order valence-electron chi connectivity index (χ0n) is 15.0. The molecule has 1 aliphatic rings. The molecule has 0 saturated heterocycles. The van der Waals surface area contributed by atoms with Crippen LogP contribution in [0.15, 0.2) is 42.5 Å². The predicted octanol–water partition coefficient (Wildman–Crippen LogP) is 3.15. The van der Waals surface area contributed by atoms with Crippen molar-refractivity contribution in [3.63, 3.8) is 0 Å². The van der Waals surface area contributed by atoms with Crippen LogP contribution in [0.4, 0.5) is 5.69 Å². The second-order valence-corrected chi connectivity index (χ2v) is 7.58. The molecule has 2 aromatic carbocycles. The van der Waals surface area contributed by atoms with E-state index in [9.17, 15) is 9.59 Å². The fourth-order valence-corrected chi connectivity index (χ4v) is 3.34. The lowest BCUT2D eigenvalue weighted by atomic mass is 10.1. The van der Waals surface area contributed by atoms with Gasteiger partial charge in [0.15, 0.2) is 6.54 Å². The standard InChI is InChI=1S/C20H21Cl2N3O2/c1-12(15-9-6-13(21)10-17(15)22)23-11-19(26)25-18-5-3-2-4-16(18)20(27)24-14-7-8-14/h2-6,9-10,12,14,23H,7-8,11H2,1H3,(H,24,27)(H,25,26)/p+1/t12-/m1/s1. The van der Waals surface area contributed by atoms with Gasteiger partial charge in [0.25, 0.3) is 11.8 Å². The Morgan fingerprint density at radius 3 is 2.63 bits per heavy atom. The molecule has 2 aromatic rings. The van der Waals surface area contributed by atoms with Gasteiger partial charge in [0.1, 0.15) is 6.04 Å². The molecular weight excluding hydrogens is 385 g/mol. The number of nitrogens with two attached hydrogens (primary N) is 1. The Hall–Kier alpha value is -2.08. The maximum Gasteiger partial charge on any atom is 0.279 e. The van der Waals surface area contributed by atoms with Gasteiger partial charge >= 0.3 is 0 Å². The number of benzene rings is 2. The zero-order valence-corrected chi connectivity index (χ0v) is 16.5. The number of amides is 2. The molecule has 0 bridgehead atoms. The summed E-state index contributed by atoms with van der Waals surface area (Å²) in [5, 5.41) is 8.82. The van der Waals surface area contributed by atoms with Crippen LogP contribution in [0.5, 0.6) is 0 Å². The van der Waals surface area contributed by atoms with Crippen LogP contribution in [0.25, 0.3) is 0 Å². The first-order valence-corrected chi connectivity index (χ1v) is 9.67. The second-order valence-electron chi connectivity index (χ2n) is 6.74. The van der Waals surface area contributed by atoms with Crippen molar-refractivity contribution in [3.8, 4) is 0 Å². The van der Waals surface area contributed by atoms with Crippen LogP contribution in [0.2, 0.25) is 10.0 Å². The number of halogens is 2. The van der Waals surface area contributed by atoms with Gasteiger partial charge < -0.3 is 16.0 Å². The van der Waals surface area contributed by atoms with E-state index < -0.39 is 0 Å². The number of rotatable bonds is 7. The van der Waals surface area contributed by atoms with Crippen molar-refractivity contribution in [1.29, 1.82) is 0 Å². The molecule has 0 aliphatic heterocycles. The van der Waals surface area contributed by atoms with E-state index in [1.165, 1.54) is 0 Å². The van der Waals surface area contributed by atoms with Crippen molar-refractivity contribution in [1.82, 2.24) is 5.32 Å². The van der Waals surface area contributed by atoms with Gasteiger partial charge in [0.2, 0.25) is 0 Å². The van der Waals surface area contributed by atoms with E-state index >= 15 is 0 Å². The molecule has 1 saturated carbocycles. The van der Waals surface area contributed by atoms with E-state index in [2.05, 4.69) is 10.6 Å². The van der Waals surface area contributed by atoms with Gasteiger partial charge in [-0.3, -0.25) is 9.59 Å². The third kappa shape index (κ3) is 5.45. The van der Waals surface area contributed by atoms with Gasteiger partial charge in [-0.2, -0.15) is 0 Å². The minimum absolute atomic E-state index is 0.00562. The van der Waals surface area contributed by atoms with E-state index in [1.54, 1.807) is 36.4 Å². The van der Waals surface area contributed by atoms with E-state index in [-0.39, 0.29) is 30.4 Å². The van der Waals surface area contributed by atoms with Crippen LogP contribution in [-0.2, 0) is 4.79 Å². The second kappa shape index (κ2) is 8.74. The van der Waals surface area contributed by atoms with Crippen molar-refractivity contribution >= 4 is 40.7 Å². The topological polar surface area (TPSA) is 74.8 Å². The van der Waals surface area contributed by atoms with E-state index in [0.29, 0.717) is 21.3 Å². The van der Waals surface area contributed by atoms with Gasteiger partial charge in [0.05, 0.1) is 16.3 Å². The molecular formula is C20H22Cl2N3O2+. The summed E-state index contributed by atoms with van der Waals surface area (Å²) in [6, 6.07) is 12.6. The summed E-state index contributed by atoms with van der Waals surface area (Å²) in [5.41, 5.74) is 1.91. The van der Waals surface area contributed by atoms with Gasteiger partial charge in [-0.15, -0.1) is 0 Å². The molecule has 27 heavy (non-hydrogen) atoms. The Morgan fingerprint density at radius 2 is 1.93 bits per heavy atom. The monoisotopic (exact) mass is 406 g/mol. The van der Waals surface area contributed by atoms with Gasteiger partial charge in [-0.1, -0.05) is 41.4 Å². The van der Waals surface area contributed by atoms with Crippen molar-refractivity contribution in [2.75, 3.05) is 11.9 Å². The number of nitrogens with one attached hydrogen (secondary N) is 2. The van der Waals surface area contributed by atoms with E-state index in [1.807, 2.05) is 18.3 Å². The van der Waals surface area contributed by atoms with E-state index in [4.69, 9.17) is 23.2 Å². The molecule has 142 valence electrons. The largest absolute Gasteiger partial charge is 0.349 e. The first-order chi connectivity index (χ1) is 12.9. The summed E-state index contributed by atoms with van der Waals surface area (Å²) in [6.45, 7) is 2.18. The van der Waals surface area contributed by atoms with Crippen molar-refractivity contribution in [3.05, 3.63) is 63.6 Å². The Bertz CT molecular complexity index is 853. The highest BCUT2D eigenvalue weighted by Crippen LogP contribution is 2.24. The lowest BCUT2D eigenvalue weighted by molar-refractivity contribution is -0.682. The number of quaternary nitrogens is 1. The Kier molecular flexibility index (Phi) is 6.37. The first-order valence-electron chi connectivity index (χ1n) is 8.92. The summed E-state index contributed by atoms with van der Waals surface area (Å²) < 4.78 is 0. The van der Waals surface area contributed by atoms with Gasteiger partial charge in [-0.05, 0) is 44.0 Å². The molecule has 7 heteroatoms. The highest BCUT2D eigenvalue weighted by Gasteiger charge is 2.25. The molecule has 2 amide bonds. The lowest BCUT2D eigenvalue weighted by Gasteiger charge is -2.14. The quantitative estimate of drug-likeness (QED) is 0.660. The van der Waals surface area contributed by atoms with Gasteiger partial charge in [-0.25, -0.2) is 0 Å². The maximum absolute atomic E-state index is 12.4. The Labute approximate surface area is 168 Å². The summed E-state index contributed by atoms with van der Waals surface area (Å²) in [5.74, 6) is -0.336. The fourth-order valence-electron chi connectivity index (χ4n) is 2.76. The molecule has 1 aliphatic carbocycles. The number of para-hydroxylation sites is 1. The van der Waals surface area contributed by atoms with Crippen LogP contribution < -0.4 is 16.0 Å². The number of anilines is 1. The maximum atomic E-state index is 12.4. The molecule has 0 radical (unpaired) electrons. The fraction of sp³-hybridized carbons (Fsp3) is 0.300. The molecule has 5 nitrogen and oxygen atoms in total. The molecule has 0 aromatic heterocycles. The number of hydrogen-bond acceptors (Lipinski definition) is 2. The normalized spacial score (nSPS) is 14.5. The van der Waals surface area contributed by atoms with Crippen LogP contribution in [0.3, 0.4) is 0 Å². The summed E-state index contributed by atoms with van der Waals surface area (Å²) in [4.78, 5) is 24.7. The minimum Gasteiger partial charge on any atom is -0.349 e. The van der Waals surface area contributed by atoms with Crippen molar-refractivity contribution in [2.24, 2.45) is 0 Å². The lowest BCUT2D eigenvalue weighted by Crippen LogP contribution is -2.86. The van der Waals surface area contributed by atoms with Crippen LogP contribution in [0, 0.1) is 0 Å². The minimum atomic E-state index is -0.182. The smallest absolute Gasteiger partial charge is 0.279 e. The Morgan fingerprint density at radius 1 is 1.19 bits per heavy atom. The average Bonchev–Trinajstić information content (AvgIpc) is 3.44. The summed E-state index contributed by atoms with van der Waals surface area (Å²) >= 11 is 12.1. The van der Waals surface area contributed by atoms with Crippen molar-refractivity contribution < 1.29 is 14.9 Å². The summed E-state index contributed by atoms with van der Waals surface area (Å²) in [7, 11) is 0. The van der Waals surface area contributed by atoms with E-state index in [0.717, 1.165) is 18.4 Å². The molecule has 1 fully saturated rings. The third-order valence-corrected chi connectivity index (χ3v) is 5.03. The van der Waals surface area contributed by atoms with Crippen LogP contribution in [-0.4, -0.2) is 24.4 Å². The molecule has 4 N–H and O–H groups in total. The SMILES string of the molecule is C[C@@H]([NH2+]CC(=O)Nc1ccccc1C(=O)NC1CC1)c1ccc(Cl)cc1Cl. The number of carbonyl (C=O) groups is 2. The molecule has 3 rings (SSSR count). The van der Waals surface area contributed by atoms with Crippen molar-refractivity contribution in [2.45, 2.75) is 31.8 Å². The first kappa shape index (κ1) is 19.7. The molecule has 0 spiro atoms.